The summed E-state index contributed by atoms with van der Waals surface area (Å²) in [5.74, 6) is -0.781. The Balaban J connectivity index is 1.96. The van der Waals surface area contributed by atoms with Gasteiger partial charge in [-0.05, 0) is 71.1 Å². The van der Waals surface area contributed by atoms with Crippen molar-refractivity contribution in [3.05, 3.63) is 59.2 Å². The third-order valence-corrected chi connectivity index (χ3v) is 6.98. The van der Waals surface area contributed by atoms with Crippen LogP contribution in [0.5, 0.6) is 0 Å². The van der Waals surface area contributed by atoms with E-state index < -0.39 is 11.5 Å². The Morgan fingerprint density at radius 2 is 1.91 bits per heavy atom. The monoisotopic (exact) mass is 480 g/mol. The third-order valence-electron chi connectivity index (χ3n) is 6.98. The maximum atomic E-state index is 13.7. The molecule has 2 aliphatic heterocycles. The molecule has 0 bridgehead atoms. The number of hydrogen-bond donors (Lipinski definition) is 2. The Bertz CT molecular complexity index is 1020. The zero-order valence-electron chi connectivity index (χ0n) is 21.6. The molecule has 0 aliphatic carbocycles. The summed E-state index contributed by atoms with van der Waals surface area (Å²) in [7, 11) is 0. The van der Waals surface area contributed by atoms with E-state index in [0.717, 1.165) is 31.4 Å². The lowest BCUT2D eigenvalue weighted by Gasteiger charge is -2.30. The number of nitrogens with zero attached hydrogens (tertiary/aromatic N) is 2. The van der Waals surface area contributed by atoms with Crippen LogP contribution in [0.15, 0.2) is 53.6 Å². The minimum Gasteiger partial charge on any atom is -0.396 e. The van der Waals surface area contributed by atoms with Gasteiger partial charge in [-0.3, -0.25) is 9.59 Å². The number of aliphatic hydroxyl groups is 2. The van der Waals surface area contributed by atoms with Gasteiger partial charge >= 0.3 is 0 Å². The minimum atomic E-state index is -1.74. The second-order valence-corrected chi connectivity index (χ2v) is 9.99. The quantitative estimate of drug-likeness (QED) is 0.462. The number of carbonyl (C=O) groups excluding carboxylic acids is 2. The highest BCUT2D eigenvalue weighted by atomic mass is 16.3. The van der Waals surface area contributed by atoms with E-state index in [-0.39, 0.29) is 18.4 Å². The Kier molecular flexibility index (Phi) is 9.09. The molecule has 2 N–H and O–H groups in total. The van der Waals surface area contributed by atoms with Crippen molar-refractivity contribution in [2.24, 2.45) is 5.92 Å². The Morgan fingerprint density at radius 1 is 1.14 bits per heavy atom. The minimum absolute atomic E-state index is 0.0103. The summed E-state index contributed by atoms with van der Waals surface area (Å²) >= 11 is 0. The van der Waals surface area contributed by atoms with E-state index in [2.05, 4.69) is 32.9 Å². The highest BCUT2D eigenvalue weighted by Crippen LogP contribution is 2.47. The van der Waals surface area contributed by atoms with Gasteiger partial charge in [0.25, 0.3) is 5.91 Å². The molecule has 1 saturated heterocycles. The van der Waals surface area contributed by atoms with Gasteiger partial charge in [-0.1, -0.05) is 42.4 Å². The summed E-state index contributed by atoms with van der Waals surface area (Å²) in [5.41, 5.74) is 2.69. The number of carbonyl (C=O) groups is 2. The molecule has 2 heterocycles. The van der Waals surface area contributed by atoms with E-state index in [1.54, 1.807) is 22.0 Å². The predicted octanol–water partition coefficient (Wildman–Crippen LogP) is 5.01. The molecule has 6 nitrogen and oxygen atoms in total. The highest BCUT2D eigenvalue weighted by Gasteiger charge is 2.52. The lowest BCUT2D eigenvalue weighted by Crippen LogP contribution is -2.44. The van der Waals surface area contributed by atoms with Crippen LogP contribution in [0.2, 0.25) is 0 Å². The second-order valence-electron chi connectivity index (χ2n) is 9.99. The van der Waals surface area contributed by atoms with Gasteiger partial charge in [0.15, 0.2) is 5.60 Å². The van der Waals surface area contributed by atoms with Gasteiger partial charge < -0.3 is 20.0 Å². The van der Waals surface area contributed by atoms with Crippen molar-refractivity contribution < 1.29 is 19.8 Å². The molecule has 0 aromatic heterocycles. The van der Waals surface area contributed by atoms with Crippen LogP contribution in [0.4, 0.5) is 11.4 Å². The lowest BCUT2D eigenvalue weighted by molar-refractivity contribution is -0.139. The van der Waals surface area contributed by atoms with Gasteiger partial charge in [0.05, 0.1) is 5.69 Å². The fraction of sp³-hybridized carbons (Fsp3) is 0.517. The fourth-order valence-electron chi connectivity index (χ4n) is 4.81. The molecule has 35 heavy (non-hydrogen) atoms. The number of aliphatic hydroxyl groups excluding tert-OH is 1. The van der Waals surface area contributed by atoms with Gasteiger partial charge in [0.2, 0.25) is 5.91 Å². The molecular weight excluding hydrogens is 440 g/mol. The molecule has 0 spiro atoms. The average molecular weight is 481 g/mol. The van der Waals surface area contributed by atoms with Crippen LogP contribution in [0.25, 0.3) is 0 Å². The Labute approximate surface area is 209 Å². The largest absolute Gasteiger partial charge is 0.396 e. The first-order valence-electron chi connectivity index (χ1n) is 12.8. The van der Waals surface area contributed by atoms with Crippen molar-refractivity contribution >= 4 is 23.2 Å². The topological polar surface area (TPSA) is 81.1 Å². The molecule has 3 rings (SSSR count). The maximum Gasteiger partial charge on any atom is 0.264 e. The molecule has 1 aromatic carbocycles. The number of amides is 2. The van der Waals surface area contributed by atoms with E-state index in [4.69, 9.17) is 5.11 Å². The molecule has 1 fully saturated rings. The van der Waals surface area contributed by atoms with Crippen LogP contribution in [-0.4, -0.2) is 41.7 Å². The normalized spacial score (nSPS) is 21.6. The van der Waals surface area contributed by atoms with Crippen molar-refractivity contribution in [2.75, 3.05) is 29.5 Å². The van der Waals surface area contributed by atoms with Gasteiger partial charge in [0, 0.05) is 43.3 Å². The zero-order valence-corrected chi connectivity index (χ0v) is 21.6. The van der Waals surface area contributed by atoms with Crippen molar-refractivity contribution in [1.82, 2.24) is 0 Å². The number of allylic oxidation sites excluding steroid dienone is 3. The van der Waals surface area contributed by atoms with E-state index in [1.165, 1.54) is 11.1 Å². The van der Waals surface area contributed by atoms with Crippen molar-refractivity contribution in [1.29, 1.82) is 0 Å². The predicted molar refractivity (Wildman–Crippen MR) is 141 cm³/mol. The molecule has 2 atom stereocenters. The summed E-state index contributed by atoms with van der Waals surface area (Å²) < 4.78 is 0. The van der Waals surface area contributed by atoms with Gasteiger partial charge in [-0.15, -0.1) is 0 Å². The average Bonchev–Trinajstić information content (AvgIpc) is 3.04. The SMILES string of the molecule is CC(C)=CCC/C(C)=C/CN1C(=O)[C@@](O)([C@@H](C)/C=C/CCO)c2cc(N3CCCCC3=O)ccc21. The van der Waals surface area contributed by atoms with E-state index in [0.29, 0.717) is 37.2 Å². The molecule has 0 saturated carbocycles. The van der Waals surface area contributed by atoms with Crippen molar-refractivity contribution in [3.63, 3.8) is 0 Å². The molecular formula is C29H40N2O4. The number of fused-ring (bicyclic) bond motifs is 1. The van der Waals surface area contributed by atoms with Crippen LogP contribution in [0.3, 0.4) is 0 Å². The standard InChI is InChI=1S/C29H40N2O4/c1-21(2)10-9-11-22(3)16-18-31-26-15-14-24(30-17-7-5-13-27(30)33)20-25(26)29(35,28(31)34)23(4)12-6-8-19-32/h6,10,12,14-16,20,23,32,35H,5,7-9,11,13,17-19H2,1-4H3/b12-6+,22-16+/t23-,29+/m0/s1. The first-order chi connectivity index (χ1) is 16.7. The first kappa shape index (κ1) is 26.9. The molecule has 0 radical (unpaired) electrons. The summed E-state index contributed by atoms with van der Waals surface area (Å²) in [6.45, 7) is 9.09. The molecule has 1 aromatic rings. The molecule has 6 heteroatoms. The van der Waals surface area contributed by atoms with Crippen LogP contribution in [0, 0.1) is 5.92 Å². The zero-order chi connectivity index (χ0) is 25.6. The van der Waals surface area contributed by atoms with Crippen LogP contribution >= 0.6 is 0 Å². The molecule has 2 aliphatic rings. The Morgan fingerprint density at radius 3 is 2.60 bits per heavy atom. The van der Waals surface area contributed by atoms with Crippen molar-refractivity contribution in [2.45, 2.75) is 71.8 Å². The van der Waals surface area contributed by atoms with Gasteiger partial charge in [-0.2, -0.15) is 0 Å². The number of benzene rings is 1. The summed E-state index contributed by atoms with van der Waals surface area (Å²) in [4.78, 5) is 29.6. The highest BCUT2D eigenvalue weighted by molar-refractivity contribution is 6.08. The van der Waals surface area contributed by atoms with Gasteiger partial charge in [0.1, 0.15) is 0 Å². The first-order valence-corrected chi connectivity index (χ1v) is 12.8. The number of hydrogen-bond acceptors (Lipinski definition) is 4. The second kappa shape index (κ2) is 11.8. The van der Waals surface area contributed by atoms with Gasteiger partial charge in [-0.25, -0.2) is 0 Å². The van der Waals surface area contributed by atoms with Crippen molar-refractivity contribution in [3.8, 4) is 0 Å². The summed E-state index contributed by atoms with van der Waals surface area (Å²) in [5, 5.41) is 21.0. The number of piperidine rings is 1. The fourth-order valence-corrected chi connectivity index (χ4v) is 4.81. The van der Waals surface area contributed by atoms with Crippen LogP contribution in [-0.2, 0) is 15.2 Å². The Hall–Kier alpha value is -2.70. The van der Waals surface area contributed by atoms with E-state index in [1.807, 2.05) is 25.1 Å². The molecule has 190 valence electrons. The summed E-state index contributed by atoms with van der Waals surface area (Å²) in [6.07, 6.45) is 12.5. The lowest BCUT2D eigenvalue weighted by atomic mass is 9.82. The summed E-state index contributed by atoms with van der Waals surface area (Å²) in [6, 6.07) is 5.56. The molecule has 2 amide bonds. The van der Waals surface area contributed by atoms with E-state index in [9.17, 15) is 14.7 Å². The third kappa shape index (κ3) is 5.93. The number of anilines is 2. The van der Waals surface area contributed by atoms with Crippen LogP contribution < -0.4 is 9.80 Å². The van der Waals surface area contributed by atoms with E-state index >= 15 is 0 Å². The number of rotatable bonds is 10. The van der Waals surface area contributed by atoms with Crippen LogP contribution in [0.1, 0.15) is 71.8 Å². The smallest absolute Gasteiger partial charge is 0.264 e. The maximum absolute atomic E-state index is 13.7. The molecule has 0 unspecified atom stereocenters.